The van der Waals surface area contributed by atoms with Gasteiger partial charge in [-0.15, -0.1) is 0 Å². The third-order valence-electron chi connectivity index (χ3n) is 3.82. The Labute approximate surface area is 96.4 Å². The molecule has 0 aromatic heterocycles. The summed E-state index contributed by atoms with van der Waals surface area (Å²) >= 11 is 0. The number of nitrogens with zero attached hydrogens (tertiary/aromatic N) is 1. The molecule has 0 heterocycles. The Balaban J connectivity index is 4.83. The van der Waals surface area contributed by atoms with Gasteiger partial charge in [-0.3, -0.25) is 0 Å². The van der Waals surface area contributed by atoms with E-state index in [9.17, 15) is 0 Å². The first-order chi connectivity index (χ1) is 6.94. The highest BCUT2D eigenvalue weighted by molar-refractivity contribution is 4.96. The van der Waals surface area contributed by atoms with Gasteiger partial charge in [0.1, 0.15) is 0 Å². The van der Waals surface area contributed by atoms with Crippen molar-refractivity contribution in [3.8, 4) is 0 Å². The lowest BCUT2D eigenvalue weighted by Crippen LogP contribution is -2.58. The Morgan fingerprint density at radius 2 is 1.60 bits per heavy atom. The molecule has 0 aromatic rings. The molecule has 2 heteroatoms. The van der Waals surface area contributed by atoms with Gasteiger partial charge in [0.25, 0.3) is 0 Å². The lowest BCUT2D eigenvalue weighted by atomic mass is 9.79. The van der Waals surface area contributed by atoms with Gasteiger partial charge >= 0.3 is 0 Å². The Morgan fingerprint density at radius 1 is 1.13 bits per heavy atom. The maximum absolute atomic E-state index is 3.52. The van der Waals surface area contributed by atoms with E-state index < -0.39 is 0 Å². The second-order valence-electron chi connectivity index (χ2n) is 5.18. The van der Waals surface area contributed by atoms with Crippen LogP contribution in [0.2, 0.25) is 0 Å². The van der Waals surface area contributed by atoms with Gasteiger partial charge in [-0.05, 0) is 46.3 Å². The van der Waals surface area contributed by atoms with Gasteiger partial charge in [-0.25, -0.2) is 0 Å². The Bertz CT molecular complexity index is 160. The molecule has 0 fully saturated rings. The molecule has 15 heavy (non-hydrogen) atoms. The van der Waals surface area contributed by atoms with Gasteiger partial charge in [-0.1, -0.05) is 27.7 Å². The van der Waals surface area contributed by atoms with Crippen molar-refractivity contribution in [1.29, 1.82) is 0 Å². The number of rotatable bonds is 7. The van der Waals surface area contributed by atoms with E-state index in [0.29, 0.717) is 11.6 Å². The van der Waals surface area contributed by atoms with Crippen molar-refractivity contribution in [2.45, 2.75) is 58.5 Å². The minimum Gasteiger partial charge on any atom is -0.315 e. The minimum absolute atomic E-state index is 0.305. The van der Waals surface area contributed by atoms with Crippen molar-refractivity contribution in [3.05, 3.63) is 0 Å². The first-order valence-electron chi connectivity index (χ1n) is 6.29. The maximum Gasteiger partial charge on any atom is 0.0351 e. The van der Waals surface area contributed by atoms with Crippen molar-refractivity contribution in [2.75, 3.05) is 21.1 Å². The molecule has 2 nitrogen and oxygen atoms in total. The van der Waals surface area contributed by atoms with Crippen LogP contribution >= 0.6 is 0 Å². The zero-order chi connectivity index (χ0) is 12.1. The molecule has 1 atom stereocenters. The Morgan fingerprint density at radius 3 is 1.80 bits per heavy atom. The second-order valence-corrected chi connectivity index (χ2v) is 5.18. The van der Waals surface area contributed by atoms with E-state index in [0.717, 1.165) is 5.92 Å². The summed E-state index contributed by atoms with van der Waals surface area (Å²) in [5.41, 5.74) is 0.305. The fourth-order valence-corrected chi connectivity index (χ4v) is 2.76. The molecule has 0 aliphatic heterocycles. The summed E-state index contributed by atoms with van der Waals surface area (Å²) in [4.78, 5) is 2.40. The number of hydrogen-bond acceptors (Lipinski definition) is 2. The zero-order valence-corrected chi connectivity index (χ0v) is 11.7. The third kappa shape index (κ3) is 3.46. The molecule has 0 saturated carbocycles. The average Bonchev–Trinajstić information content (AvgIpc) is 2.17. The van der Waals surface area contributed by atoms with Gasteiger partial charge in [0, 0.05) is 11.6 Å². The van der Waals surface area contributed by atoms with E-state index in [-0.39, 0.29) is 0 Å². The van der Waals surface area contributed by atoms with Crippen LogP contribution < -0.4 is 5.32 Å². The van der Waals surface area contributed by atoms with Crippen LogP contribution in [0, 0.1) is 5.92 Å². The summed E-state index contributed by atoms with van der Waals surface area (Å²) in [6, 6.07) is 0.586. The van der Waals surface area contributed by atoms with Gasteiger partial charge < -0.3 is 10.2 Å². The van der Waals surface area contributed by atoms with Crippen molar-refractivity contribution in [1.82, 2.24) is 10.2 Å². The van der Waals surface area contributed by atoms with E-state index in [1.54, 1.807) is 0 Å². The van der Waals surface area contributed by atoms with Crippen molar-refractivity contribution < 1.29 is 0 Å². The topological polar surface area (TPSA) is 15.3 Å². The van der Waals surface area contributed by atoms with E-state index in [1.165, 1.54) is 19.3 Å². The Kier molecular flexibility index (Phi) is 6.46. The van der Waals surface area contributed by atoms with Crippen LogP contribution in [0.15, 0.2) is 0 Å². The monoisotopic (exact) mass is 214 g/mol. The fraction of sp³-hybridized carbons (Fsp3) is 1.00. The molecule has 0 radical (unpaired) electrons. The number of likely N-dealkylation sites (N-methyl/N-ethyl adjacent to an activating group) is 2. The first kappa shape index (κ1) is 14.9. The molecule has 1 unspecified atom stereocenters. The van der Waals surface area contributed by atoms with Crippen molar-refractivity contribution in [2.24, 2.45) is 5.92 Å². The van der Waals surface area contributed by atoms with Crippen LogP contribution in [-0.2, 0) is 0 Å². The van der Waals surface area contributed by atoms with Crippen LogP contribution in [-0.4, -0.2) is 37.6 Å². The third-order valence-corrected chi connectivity index (χ3v) is 3.82. The molecule has 0 spiro atoms. The fourth-order valence-electron chi connectivity index (χ4n) is 2.76. The zero-order valence-electron chi connectivity index (χ0n) is 11.7. The van der Waals surface area contributed by atoms with Crippen LogP contribution in [0.25, 0.3) is 0 Å². The molecular formula is C13H30N2. The van der Waals surface area contributed by atoms with E-state index >= 15 is 0 Å². The molecule has 1 N–H and O–H groups in total. The van der Waals surface area contributed by atoms with Gasteiger partial charge in [0.05, 0.1) is 0 Å². The predicted molar refractivity (Wildman–Crippen MR) is 69.3 cm³/mol. The van der Waals surface area contributed by atoms with Crippen LogP contribution in [0.5, 0.6) is 0 Å². The average molecular weight is 214 g/mol. The normalized spacial score (nSPS) is 15.0. The van der Waals surface area contributed by atoms with Gasteiger partial charge in [-0.2, -0.15) is 0 Å². The summed E-state index contributed by atoms with van der Waals surface area (Å²) in [5, 5.41) is 3.52. The lowest BCUT2D eigenvalue weighted by Gasteiger charge is -2.45. The number of hydrogen-bond donors (Lipinski definition) is 1. The summed E-state index contributed by atoms with van der Waals surface area (Å²) < 4.78 is 0. The predicted octanol–water partition coefficient (Wildman–Crippen LogP) is 2.74. The largest absolute Gasteiger partial charge is 0.315 e. The van der Waals surface area contributed by atoms with Gasteiger partial charge in [0.2, 0.25) is 0 Å². The summed E-state index contributed by atoms with van der Waals surface area (Å²) in [7, 11) is 6.51. The molecule has 0 aromatic carbocycles. The van der Waals surface area contributed by atoms with E-state index in [4.69, 9.17) is 0 Å². The van der Waals surface area contributed by atoms with Crippen LogP contribution in [0.4, 0.5) is 0 Å². The van der Waals surface area contributed by atoms with Gasteiger partial charge in [0.15, 0.2) is 0 Å². The molecule has 0 rings (SSSR count). The summed E-state index contributed by atoms with van der Waals surface area (Å²) in [6.07, 6.45) is 3.65. The highest BCUT2D eigenvalue weighted by atomic mass is 15.2. The molecule has 0 amide bonds. The highest BCUT2D eigenvalue weighted by Gasteiger charge is 2.36. The molecular weight excluding hydrogens is 184 g/mol. The minimum atomic E-state index is 0.305. The standard InChI is InChI=1S/C13H30N2/c1-8-13(9-2,15(6)7)12(14-5)10-11(3)4/h11-12,14H,8-10H2,1-7H3. The highest BCUT2D eigenvalue weighted by Crippen LogP contribution is 2.29. The maximum atomic E-state index is 3.52. The second kappa shape index (κ2) is 6.49. The summed E-state index contributed by atoms with van der Waals surface area (Å²) in [6.45, 7) is 9.20. The molecule has 0 saturated heterocycles. The van der Waals surface area contributed by atoms with E-state index in [2.05, 4.69) is 59.1 Å². The van der Waals surface area contributed by atoms with E-state index in [1.807, 2.05) is 0 Å². The summed E-state index contributed by atoms with van der Waals surface area (Å²) in [5.74, 6) is 0.750. The first-order valence-corrected chi connectivity index (χ1v) is 6.29. The SMILES string of the molecule is CCC(CC)(C(CC(C)C)NC)N(C)C. The quantitative estimate of drug-likeness (QED) is 0.701. The molecule has 0 aliphatic rings. The smallest absolute Gasteiger partial charge is 0.0351 e. The molecule has 0 bridgehead atoms. The Hall–Kier alpha value is -0.0800. The van der Waals surface area contributed by atoms with Crippen molar-refractivity contribution in [3.63, 3.8) is 0 Å². The van der Waals surface area contributed by atoms with Crippen molar-refractivity contribution >= 4 is 0 Å². The lowest BCUT2D eigenvalue weighted by molar-refractivity contribution is 0.0818. The van der Waals surface area contributed by atoms with Crippen LogP contribution in [0.1, 0.15) is 47.0 Å². The molecule has 92 valence electrons. The van der Waals surface area contributed by atoms with Crippen LogP contribution in [0.3, 0.4) is 0 Å². The number of nitrogens with one attached hydrogen (secondary N) is 1. The molecule has 0 aliphatic carbocycles.